The Morgan fingerprint density at radius 1 is 0.667 bits per heavy atom. The molecule has 2 aliphatic heterocycles. The van der Waals surface area contributed by atoms with Gasteiger partial charge in [0.05, 0.1) is 21.2 Å². The van der Waals surface area contributed by atoms with Crippen LogP contribution in [-0.4, -0.2) is 33.5 Å². The summed E-state index contributed by atoms with van der Waals surface area (Å²) in [6.07, 6.45) is 0.816. The molecule has 0 radical (unpaired) electrons. The fourth-order valence-corrected chi connectivity index (χ4v) is 3.44. The SMILES string of the molecule is Cc1cc([N+](=O)[O-])ccc1N1C(=O)CCC1=O.O=C1CCC(=O)N1c1ccc([N+](=O)[O-])cc1. The van der Waals surface area contributed by atoms with Crippen LogP contribution in [0.5, 0.6) is 0 Å². The van der Waals surface area contributed by atoms with Crippen LogP contribution in [0.4, 0.5) is 22.7 Å². The maximum atomic E-state index is 11.5. The molecule has 170 valence electrons. The number of imide groups is 2. The Bertz CT molecular complexity index is 1140. The Hall–Kier alpha value is -4.48. The number of nitrogens with zero attached hydrogens (tertiary/aromatic N) is 4. The van der Waals surface area contributed by atoms with Crippen LogP contribution in [0.3, 0.4) is 0 Å². The van der Waals surface area contributed by atoms with E-state index in [0.717, 1.165) is 9.80 Å². The summed E-state index contributed by atoms with van der Waals surface area (Å²) >= 11 is 0. The molecule has 0 unspecified atom stereocenters. The lowest BCUT2D eigenvalue weighted by Crippen LogP contribution is -2.29. The van der Waals surface area contributed by atoms with Crippen molar-refractivity contribution in [3.05, 3.63) is 68.3 Å². The summed E-state index contributed by atoms with van der Waals surface area (Å²) in [5.74, 6) is -1.04. The highest BCUT2D eigenvalue weighted by Gasteiger charge is 2.32. The molecule has 2 aromatic carbocycles. The first-order chi connectivity index (χ1) is 15.6. The van der Waals surface area contributed by atoms with E-state index in [9.17, 15) is 39.4 Å². The lowest BCUT2D eigenvalue weighted by molar-refractivity contribution is -0.385. The third-order valence-electron chi connectivity index (χ3n) is 5.05. The molecule has 2 heterocycles. The molecule has 4 amide bonds. The van der Waals surface area contributed by atoms with Gasteiger partial charge in [0.1, 0.15) is 0 Å². The minimum atomic E-state index is -0.530. The number of carbonyl (C=O) groups is 4. The largest absolute Gasteiger partial charge is 0.274 e. The smallest absolute Gasteiger partial charge is 0.269 e. The maximum absolute atomic E-state index is 11.5. The van der Waals surface area contributed by atoms with Crippen molar-refractivity contribution in [3.63, 3.8) is 0 Å². The molecule has 0 N–H and O–H groups in total. The average molecular weight is 454 g/mol. The summed E-state index contributed by atoms with van der Waals surface area (Å²) in [6, 6.07) is 9.44. The minimum absolute atomic E-state index is 0.0506. The molecular weight excluding hydrogens is 436 g/mol. The average Bonchev–Trinajstić information content (AvgIpc) is 3.29. The number of carbonyl (C=O) groups excluding carboxylic acids is 4. The number of rotatable bonds is 4. The van der Waals surface area contributed by atoms with Crippen molar-refractivity contribution in [2.45, 2.75) is 32.6 Å². The zero-order valence-corrected chi connectivity index (χ0v) is 17.4. The number of anilines is 2. The molecule has 2 fully saturated rings. The second kappa shape index (κ2) is 9.34. The molecule has 4 rings (SSSR count). The molecule has 0 aliphatic carbocycles. The first kappa shape index (κ1) is 23.2. The van der Waals surface area contributed by atoms with Crippen molar-refractivity contribution in [2.24, 2.45) is 0 Å². The van der Waals surface area contributed by atoms with E-state index < -0.39 is 9.85 Å². The fraction of sp³-hybridized carbons (Fsp3) is 0.238. The Balaban J connectivity index is 0.000000186. The highest BCUT2D eigenvalue weighted by Crippen LogP contribution is 2.29. The van der Waals surface area contributed by atoms with Crippen molar-refractivity contribution in [3.8, 4) is 0 Å². The van der Waals surface area contributed by atoms with E-state index in [1.807, 2.05) is 0 Å². The van der Waals surface area contributed by atoms with E-state index in [1.165, 1.54) is 42.5 Å². The van der Waals surface area contributed by atoms with Crippen LogP contribution in [0.25, 0.3) is 0 Å². The number of nitro benzene ring substituents is 2. The van der Waals surface area contributed by atoms with E-state index in [-0.39, 0.29) is 60.7 Å². The van der Waals surface area contributed by atoms with Gasteiger partial charge in [-0.2, -0.15) is 0 Å². The topological polar surface area (TPSA) is 161 Å². The van der Waals surface area contributed by atoms with Crippen LogP contribution >= 0.6 is 0 Å². The monoisotopic (exact) mass is 454 g/mol. The van der Waals surface area contributed by atoms with Crippen LogP contribution < -0.4 is 9.80 Å². The highest BCUT2D eigenvalue weighted by atomic mass is 16.6. The van der Waals surface area contributed by atoms with E-state index in [4.69, 9.17) is 0 Å². The van der Waals surface area contributed by atoms with E-state index >= 15 is 0 Å². The van der Waals surface area contributed by atoms with Crippen molar-refractivity contribution < 1.29 is 29.0 Å². The quantitative estimate of drug-likeness (QED) is 0.387. The van der Waals surface area contributed by atoms with Crippen molar-refractivity contribution in [1.82, 2.24) is 0 Å². The van der Waals surface area contributed by atoms with Gasteiger partial charge in [-0.25, -0.2) is 0 Å². The Morgan fingerprint density at radius 2 is 1.09 bits per heavy atom. The Kier molecular flexibility index (Phi) is 6.56. The van der Waals surface area contributed by atoms with Crippen LogP contribution in [-0.2, 0) is 19.2 Å². The second-order valence-corrected chi connectivity index (χ2v) is 7.25. The zero-order valence-electron chi connectivity index (χ0n) is 17.4. The molecule has 12 nitrogen and oxygen atoms in total. The number of amides is 4. The third-order valence-corrected chi connectivity index (χ3v) is 5.05. The van der Waals surface area contributed by atoms with Gasteiger partial charge in [0.15, 0.2) is 0 Å². The molecule has 2 aromatic rings. The van der Waals surface area contributed by atoms with Gasteiger partial charge >= 0.3 is 0 Å². The van der Waals surface area contributed by atoms with Crippen LogP contribution in [0.2, 0.25) is 0 Å². The second-order valence-electron chi connectivity index (χ2n) is 7.25. The maximum Gasteiger partial charge on any atom is 0.269 e. The summed E-state index contributed by atoms with van der Waals surface area (Å²) in [6.45, 7) is 1.64. The van der Waals surface area contributed by atoms with Crippen LogP contribution in [0, 0.1) is 27.2 Å². The number of hydrogen-bond donors (Lipinski definition) is 0. The van der Waals surface area contributed by atoms with E-state index in [1.54, 1.807) is 6.92 Å². The Morgan fingerprint density at radius 3 is 1.52 bits per heavy atom. The lowest BCUT2D eigenvalue weighted by Gasteiger charge is -2.15. The third kappa shape index (κ3) is 4.89. The van der Waals surface area contributed by atoms with Gasteiger partial charge in [-0.1, -0.05) is 0 Å². The van der Waals surface area contributed by atoms with Crippen molar-refractivity contribution >= 4 is 46.4 Å². The molecule has 12 heteroatoms. The molecule has 0 saturated carbocycles. The first-order valence-electron chi connectivity index (χ1n) is 9.81. The zero-order chi connectivity index (χ0) is 24.3. The number of non-ortho nitro benzene ring substituents is 2. The minimum Gasteiger partial charge on any atom is -0.274 e. The fourth-order valence-electron chi connectivity index (χ4n) is 3.44. The summed E-state index contributed by atoms with van der Waals surface area (Å²) < 4.78 is 0. The number of aryl methyl sites for hydroxylation is 1. The summed E-state index contributed by atoms with van der Waals surface area (Å²) in [5, 5.41) is 21.0. The van der Waals surface area contributed by atoms with E-state index in [0.29, 0.717) is 16.9 Å². The number of hydrogen-bond acceptors (Lipinski definition) is 8. The normalized spacial score (nSPS) is 15.5. The van der Waals surface area contributed by atoms with Gasteiger partial charge in [-0.05, 0) is 30.7 Å². The van der Waals surface area contributed by atoms with Gasteiger partial charge in [-0.3, -0.25) is 49.2 Å². The summed E-state index contributed by atoms with van der Waals surface area (Å²) in [7, 11) is 0. The molecule has 2 aliphatic rings. The van der Waals surface area contributed by atoms with Crippen LogP contribution in [0.15, 0.2) is 42.5 Å². The number of nitro groups is 2. The molecule has 2 saturated heterocycles. The molecule has 0 aromatic heterocycles. The molecule has 33 heavy (non-hydrogen) atoms. The molecular formula is C21H18N4O8. The highest BCUT2D eigenvalue weighted by molar-refractivity contribution is 6.20. The number of benzene rings is 2. The van der Waals surface area contributed by atoms with Crippen molar-refractivity contribution in [2.75, 3.05) is 9.80 Å². The standard InChI is InChI=1S/C11H10N2O4.C10H8N2O4/c1-7-6-8(13(16)17)2-3-9(7)12-10(14)4-5-11(12)15;13-9-5-6-10(14)11(9)7-1-3-8(4-2-7)12(15)16/h2-3,6H,4-5H2,1H3;1-4H,5-6H2. The summed E-state index contributed by atoms with van der Waals surface area (Å²) in [4.78, 5) is 67.9. The lowest BCUT2D eigenvalue weighted by atomic mass is 10.1. The van der Waals surface area contributed by atoms with Gasteiger partial charge in [0.2, 0.25) is 23.6 Å². The van der Waals surface area contributed by atoms with Gasteiger partial charge < -0.3 is 0 Å². The van der Waals surface area contributed by atoms with Gasteiger partial charge in [0, 0.05) is 49.9 Å². The van der Waals surface area contributed by atoms with Gasteiger partial charge in [-0.15, -0.1) is 0 Å². The predicted octanol–water partition coefficient (Wildman–Crippen LogP) is 2.80. The molecule has 0 bridgehead atoms. The molecule has 0 spiro atoms. The van der Waals surface area contributed by atoms with Crippen LogP contribution in [0.1, 0.15) is 31.2 Å². The predicted molar refractivity (Wildman–Crippen MR) is 114 cm³/mol. The Labute approximate surface area is 186 Å². The first-order valence-corrected chi connectivity index (χ1v) is 9.81. The van der Waals surface area contributed by atoms with E-state index in [2.05, 4.69) is 0 Å². The van der Waals surface area contributed by atoms with Crippen molar-refractivity contribution in [1.29, 1.82) is 0 Å². The van der Waals surface area contributed by atoms with Gasteiger partial charge in [0.25, 0.3) is 11.4 Å². The molecule has 0 atom stereocenters. The summed E-state index contributed by atoms with van der Waals surface area (Å²) in [5.41, 5.74) is 1.25.